The Hall–Kier alpha value is -1.34. The van der Waals surface area contributed by atoms with E-state index in [9.17, 15) is 17.6 Å². The molecule has 1 atom stereocenters. The van der Waals surface area contributed by atoms with Crippen LogP contribution in [0.5, 0.6) is 5.75 Å². The Balaban J connectivity index is 1.76. The van der Waals surface area contributed by atoms with E-state index in [1.165, 1.54) is 25.0 Å². The molecule has 2 aliphatic rings. The second-order valence-electron chi connectivity index (χ2n) is 6.81. The van der Waals surface area contributed by atoms with Gasteiger partial charge in [-0.3, -0.25) is 4.90 Å². The maximum Gasteiger partial charge on any atom is 0.461 e. The van der Waals surface area contributed by atoms with E-state index in [1.807, 2.05) is 0 Å². The van der Waals surface area contributed by atoms with Crippen LogP contribution in [0.1, 0.15) is 37.3 Å². The molecule has 1 saturated heterocycles. The van der Waals surface area contributed by atoms with Crippen molar-refractivity contribution in [2.45, 2.75) is 44.3 Å². The van der Waals surface area contributed by atoms with Crippen molar-refractivity contribution in [1.29, 1.82) is 0 Å². The monoisotopic (exact) mass is 360 g/mol. The first-order valence-electron chi connectivity index (χ1n) is 8.87. The van der Waals surface area contributed by atoms with Gasteiger partial charge in [-0.15, -0.1) is 0 Å². The zero-order valence-electron chi connectivity index (χ0n) is 14.1. The average Bonchev–Trinajstić information content (AvgIpc) is 3.11. The van der Waals surface area contributed by atoms with Crippen molar-refractivity contribution < 1.29 is 22.3 Å². The minimum Gasteiger partial charge on any atom is -0.428 e. The van der Waals surface area contributed by atoms with E-state index >= 15 is 0 Å². The van der Waals surface area contributed by atoms with Gasteiger partial charge in [0.05, 0.1) is 0 Å². The minimum absolute atomic E-state index is 0.237. The molecule has 7 heteroatoms. The summed E-state index contributed by atoms with van der Waals surface area (Å²) in [6, 6.07) is 6.46. The minimum atomic E-state index is -4.47. The van der Waals surface area contributed by atoms with Gasteiger partial charge < -0.3 is 10.1 Å². The van der Waals surface area contributed by atoms with E-state index in [4.69, 9.17) is 0 Å². The third-order valence-electron chi connectivity index (χ3n) is 5.12. The molecule has 25 heavy (non-hydrogen) atoms. The van der Waals surface area contributed by atoms with Crippen LogP contribution in [0.2, 0.25) is 0 Å². The summed E-state index contributed by atoms with van der Waals surface area (Å²) >= 11 is 0. The molecule has 1 N–H and O–H groups in total. The lowest BCUT2D eigenvalue weighted by molar-refractivity contribution is -0.253. The maximum absolute atomic E-state index is 13.0. The van der Waals surface area contributed by atoms with Crippen molar-refractivity contribution in [3.8, 4) is 5.75 Å². The summed E-state index contributed by atoms with van der Waals surface area (Å²) in [7, 11) is 0. The maximum atomic E-state index is 13.0. The van der Waals surface area contributed by atoms with Crippen LogP contribution in [-0.4, -0.2) is 43.6 Å². The molecule has 2 fully saturated rings. The smallest absolute Gasteiger partial charge is 0.428 e. The number of hydrogen-bond donors (Lipinski definition) is 1. The van der Waals surface area contributed by atoms with Gasteiger partial charge >= 0.3 is 12.5 Å². The van der Waals surface area contributed by atoms with Crippen molar-refractivity contribution in [1.82, 2.24) is 10.2 Å². The van der Waals surface area contributed by atoms with E-state index in [0.29, 0.717) is 5.92 Å². The van der Waals surface area contributed by atoms with Crippen LogP contribution in [0.15, 0.2) is 24.3 Å². The van der Waals surface area contributed by atoms with Gasteiger partial charge in [-0.25, -0.2) is 0 Å². The van der Waals surface area contributed by atoms with Crippen molar-refractivity contribution in [3.05, 3.63) is 29.8 Å². The Morgan fingerprint density at radius 3 is 2.20 bits per heavy atom. The van der Waals surface area contributed by atoms with Gasteiger partial charge in [0.1, 0.15) is 5.75 Å². The van der Waals surface area contributed by atoms with Crippen LogP contribution in [0, 0.1) is 5.92 Å². The van der Waals surface area contributed by atoms with Crippen LogP contribution < -0.4 is 10.1 Å². The lowest BCUT2D eigenvalue weighted by Gasteiger charge is -2.38. The molecular weight excluding hydrogens is 336 g/mol. The fourth-order valence-corrected chi connectivity index (χ4v) is 3.95. The average molecular weight is 360 g/mol. The quantitative estimate of drug-likeness (QED) is 0.775. The third kappa shape index (κ3) is 4.44. The van der Waals surface area contributed by atoms with Crippen molar-refractivity contribution in [2.24, 2.45) is 5.92 Å². The van der Waals surface area contributed by atoms with Crippen LogP contribution in [-0.2, 0) is 0 Å². The molecule has 3 rings (SSSR count). The molecule has 1 saturated carbocycles. The van der Waals surface area contributed by atoms with E-state index in [1.54, 1.807) is 12.1 Å². The lowest BCUT2D eigenvalue weighted by Crippen LogP contribution is -2.46. The Morgan fingerprint density at radius 1 is 1.04 bits per heavy atom. The zero-order chi connectivity index (χ0) is 17.9. The van der Waals surface area contributed by atoms with Gasteiger partial charge in [0.15, 0.2) is 0 Å². The number of hydrogen-bond acceptors (Lipinski definition) is 3. The molecule has 1 aliphatic heterocycles. The molecule has 140 valence electrons. The Bertz CT molecular complexity index is 541. The summed E-state index contributed by atoms with van der Waals surface area (Å²) in [5.41, 5.74) is 1.04. The molecule has 0 spiro atoms. The largest absolute Gasteiger partial charge is 0.461 e. The highest BCUT2D eigenvalue weighted by Crippen LogP contribution is 2.40. The summed E-state index contributed by atoms with van der Waals surface area (Å²) in [6.07, 6.45) is -3.55. The molecule has 3 nitrogen and oxygen atoms in total. The van der Waals surface area contributed by atoms with Crippen molar-refractivity contribution >= 4 is 0 Å². The SMILES string of the molecule is FC(F)C(F)(F)Oc1ccc([C@H](C2CCCC2)N2CCNCC2)cc1. The van der Waals surface area contributed by atoms with Gasteiger partial charge in [-0.2, -0.15) is 17.6 Å². The number of piperazine rings is 1. The molecule has 1 aromatic carbocycles. The van der Waals surface area contributed by atoms with E-state index in [2.05, 4.69) is 15.0 Å². The number of halogens is 4. The summed E-state index contributed by atoms with van der Waals surface area (Å²) in [5, 5.41) is 3.34. The molecular formula is C18H24F4N2O. The summed E-state index contributed by atoms with van der Waals surface area (Å²) in [6.45, 7) is 3.77. The molecule has 0 amide bonds. The molecule has 0 unspecified atom stereocenters. The van der Waals surface area contributed by atoms with Gasteiger partial charge in [0.2, 0.25) is 0 Å². The standard InChI is InChI=1S/C18H24F4N2O/c19-17(20)18(21,22)25-15-7-5-14(6-8-15)16(13-3-1-2-4-13)24-11-9-23-10-12-24/h5-8,13,16-17,23H,1-4,9-12H2/t16-/m0/s1. The number of nitrogens with one attached hydrogen (secondary N) is 1. The first-order valence-corrected chi connectivity index (χ1v) is 8.87. The molecule has 0 radical (unpaired) electrons. The second kappa shape index (κ2) is 7.91. The Morgan fingerprint density at radius 2 is 1.64 bits per heavy atom. The number of alkyl halides is 4. The number of ether oxygens (including phenoxy) is 1. The van der Waals surface area contributed by atoms with Crippen LogP contribution in [0.3, 0.4) is 0 Å². The second-order valence-corrected chi connectivity index (χ2v) is 6.81. The van der Waals surface area contributed by atoms with Gasteiger partial charge in [0, 0.05) is 32.2 Å². The predicted octanol–water partition coefficient (Wildman–Crippen LogP) is 4.06. The highest BCUT2D eigenvalue weighted by molar-refractivity contribution is 5.30. The number of rotatable bonds is 6. The van der Waals surface area contributed by atoms with E-state index in [-0.39, 0.29) is 11.8 Å². The molecule has 0 bridgehead atoms. The predicted molar refractivity (Wildman–Crippen MR) is 87.2 cm³/mol. The van der Waals surface area contributed by atoms with Crippen molar-refractivity contribution in [2.75, 3.05) is 26.2 Å². The molecule has 1 aromatic rings. The zero-order valence-corrected chi connectivity index (χ0v) is 14.1. The van der Waals surface area contributed by atoms with Crippen molar-refractivity contribution in [3.63, 3.8) is 0 Å². The van der Waals surface area contributed by atoms with Gasteiger partial charge in [-0.1, -0.05) is 25.0 Å². The summed E-state index contributed by atoms with van der Waals surface area (Å²) in [4.78, 5) is 2.44. The number of benzene rings is 1. The first-order chi connectivity index (χ1) is 12.0. The van der Waals surface area contributed by atoms with E-state index in [0.717, 1.165) is 44.6 Å². The molecule has 0 aromatic heterocycles. The molecule has 1 aliphatic carbocycles. The summed E-state index contributed by atoms with van der Waals surface area (Å²) < 4.78 is 54.8. The first kappa shape index (κ1) is 18.5. The topological polar surface area (TPSA) is 24.5 Å². The van der Waals surface area contributed by atoms with Gasteiger partial charge in [-0.05, 0) is 36.5 Å². The van der Waals surface area contributed by atoms with Gasteiger partial charge in [0.25, 0.3) is 0 Å². The molecule has 1 heterocycles. The Kier molecular flexibility index (Phi) is 5.84. The normalized spacial score (nSPS) is 21.6. The highest BCUT2D eigenvalue weighted by atomic mass is 19.3. The van der Waals surface area contributed by atoms with Crippen LogP contribution in [0.25, 0.3) is 0 Å². The summed E-state index contributed by atoms with van der Waals surface area (Å²) in [5.74, 6) is 0.312. The third-order valence-corrected chi connectivity index (χ3v) is 5.12. The van der Waals surface area contributed by atoms with Crippen LogP contribution in [0.4, 0.5) is 17.6 Å². The fraction of sp³-hybridized carbons (Fsp3) is 0.667. The highest BCUT2D eigenvalue weighted by Gasteiger charge is 2.44. The lowest BCUT2D eigenvalue weighted by atomic mass is 9.89. The Labute approximate surface area is 145 Å². The number of nitrogens with zero attached hydrogens (tertiary/aromatic N) is 1. The van der Waals surface area contributed by atoms with E-state index < -0.39 is 12.5 Å². The fourth-order valence-electron chi connectivity index (χ4n) is 3.95. The van der Waals surface area contributed by atoms with Crippen LogP contribution >= 0.6 is 0 Å².